The van der Waals surface area contributed by atoms with E-state index in [2.05, 4.69) is 0 Å². The van der Waals surface area contributed by atoms with Gasteiger partial charge in [-0.2, -0.15) is 0 Å². The molecule has 0 bridgehead atoms. The van der Waals surface area contributed by atoms with Crippen LogP contribution >= 0.6 is 0 Å². The van der Waals surface area contributed by atoms with Crippen molar-refractivity contribution in [3.8, 4) is 11.5 Å². The molecule has 3 atom stereocenters. The molecule has 0 radical (unpaired) electrons. The van der Waals surface area contributed by atoms with E-state index in [1.807, 2.05) is 24.3 Å². The standard InChI is InChI=1S/C13H16O4/c1-9-12(14)7-8-13(16-9)17-11-5-3-10(15-2)4-6-11/h3-9,12-14H,1-2H3/t9-,12+,13-/m0/s1. The number of rotatable bonds is 3. The van der Waals surface area contributed by atoms with Gasteiger partial charge in [0, 0.05) is 0 Å². The highest BCUT2D eigenvalue weighted by Crippen LogP contribution is 2.21. The lowest BCUT2D eigenvalue weighted by atomic mass is 10.2. The maximum Gasteiger partial charge on any atom is 0.220 e. The molecule has 0 fully saturated rings. The molecule has 4 nitrogen and oxygen atoms in total. The highest BCUT2D eigenvalue weighted by Gasteiger charge is 2.22. The maximum absolute atomic E-state index is 9.45. The van der Waals surface area contributed by atoms with Gasteiger partial charge in [0.2, 0.25) is 6.29 Å². The molecule has 1 aromatic rings. The van der Waals surface area contributed by atoms with Crippen LogP contribution in [0.4, 0.5) is 0 Å². The first-order valence-electron chi connectivity index (χ1n) is 5.51. The van der Waals surface area contributed by atoms with Crippen molar-refractivity contribution in [3.05, 3.63) is 36.4 Å². The van der Waals surface area contributed by atoms with Crippen LogP contribution in [0, 0.1) is 0 Å². The Morgan fingerprint density at radius 1 is 1.12 bits per heavy atom. The minimum Gasteiger partial charge on any atom is -0.497 e. The van der Waals surface area contributed by atoms with Crippen LogP contribution in [-0.4, -0.2) is 30.7 Å². The van der Waals surface area contributed by atoms with Gasteiger partial charge >= 0.3 is 0 Å². The van der Waals surface area contributed by atoms with Gasteiger partial charge in [0.25, 0.3) is 0 Å². The van der Waals surface area contributed by atoms with Gasteiger partial charge in [-0.3, -0.25) is 0 Å². The van der Waals surface area contributed by atoms with Crippen LogP contribution in [0.5, 0.6) is 11.5 Å². The van der Waals surface area contributed by atoms with Gasteiger partial charge in [-0.25, -0.2) is 0 Å². The summed E-state index contributed by atoms with van der Waals surface area (Å²) in [4.78, 5) is 0. The average molecular weight is 236 g/mol. The van der Waals surface area contributed by atoms with Crippen LogP contribution in [0.25, 0.3) is 0 Å². The average Bonchev–Trinajstić information content (AvgIpc) is 2.35. The molecule has 0 spiro atoms. The van der Waals surface area contributed by atoms with Crippen molar-refractivity contribution in [2.24, 2.45) is 0 Å². The lowest BCUT2D eigenvalue weighted by molar-refractivity contribution is -0.122. The molecule has 1 aliphatic rings. The quantitative estimate of drug-likeness (QED) is 0.812. The van der Waals surface area contributed by atoms with Gasteiger partial charge in [-0.15, -0.1) is 0 Å². The van der Waals surface area contributed by atoms with E-state index in [0.717, 1.165) is 5.75 Å². The fraction of sp³-hybridized carbons (Fsp3) is 0.385. The zero-order chi connectivity index (χ0) is 12.3. The molecule has 0 unspecified atom stereocenters. The van der Waals surface area contributed by atoms with Gasteiger partial charge in [-0.1, -0.05) is 6.08 Å². The summed E-state index contributed by atoms with van der Waals surface area (Å²) in [5, 5.41) is 9.45. The van der Waals surface area contributed by atoms with Crippen LogP contribution in [0.15, 0.2) is 36.4 Å². The molecule has 0 amide bonds. The van der Waals surface area contributed by atoms with Crippen LogP contribution in [0.2, 0.25) is 0 Å². The Labute approximate surface area is 100 Å². The Morgan fingerprint density at radius 2 is 1.76 bits per heavy atom. The molecule has 0 aliphatic carbocycles. The molecule has 17 heavy (non-hydrogen) atoms. The minimum absolute atomic E-state index is 0.261. The summed E-state index contributed by atoms with van der Waals surface area (Å²) >= 11 is 0. The normalized spacial score (nSPS) is 27.8. The van der Waals surface area contributed by atoms with Crippen molar-refractivity contribution in [2.45, 2.75) is 25.4 Å². The SMILES string of the molecule is COc1ccc(O[C@H]2C=C[C@@H](O)[C@H](C)O2)cc1. The van der Waals surface area contributed by atoms with E-state index in [0.29, 0.717) is 5.75 Å². The number of aliphatic hydroxyl groups is 1. The fourth-order valence-electron chi connectivity index (χ4n) is 1.55. The zero-order valence-electron chi connectivity index (χ0n) is 9.87. The molecule has 1 N–H and O–H groups in total. The Bertz CT molecular complexity index is 385. The Morgan fingerprint density at radius 3 is 2.35 bits per heavy atom. The third-order valence-corrected chi connectivity index (χ3v) is 2.61. The number of ether oxygens (including phenoxy) is 3. The lowest BCUT2D eigenvalue weighted by Gasteiger charge is -2.27. The maximum atomic E-state index is 9.45. The second-order valence-electron chi connectivity index (χ2n) is 3.88. The number of hydrogen-bond donors (Lipinski definition) is 1. The van der Waals surface area contributed by atoms with E-state index in [1.54, 1.807) is 26.2 Å². The number of aliphatic hydroxyl groups excluding tert-OH is 1. The van der Waals surface area contributed by atoms with Crippen LogP contribution in [0.3, 0.4) is 0 Å². The van der Waals surface area contributed by atoms with Crippen LogP contribution in [0.1, 0.15) is 6.92 Å². The summed E-state index contributed by atoms with van der Waals surface area (Å²) in [5.74, 6) is 1.48. The summed E-state index contributed by atoms with van der Waals surface area (Å²) in [6.45, 7) is 1.80. The molecular weight excluding hydrogens is 220 g/mol. The topological polar surface area (TPSA) is 47.9 Å². The van der Waals surface area contributed by atoms with Crippen molar-refractivity contribution < 1.29 is 19.3 Å². The van der Waals surface area contributed by atoms with Gasteiger partial charge in [0.1, 0.15) is 11.5 Å². The molecule has 92 valence electrons. The summed E-state index contributed by atoms with van der Waals surface area (Å²) in [6, 6.07) is 7.26. The first-order chi connectivity index (χ1) is 8.19. The zero-order valence-corrected chi connectivity index (χ0v) is 9.87. The van der Waals surface area contributed by atoms with Crippen molar-refractivity contribution in [1.82, 2.24) is 0 Å². The van der Waals surface area contributed by atoms with Crippen molar-refractivity contribution >= 4 is 0 Å². The predicted octanol–water partition coefficient (Wildman–Crippen LogP) is 1.74. The van der Waals surface area contributed by atoms with E-state index < -0.39 is 12.4 Å². The lowest BCUT2D eigenvalue weighted by Crippen LogP contribution is -2.35. The predicted molar refractivity (Wildman–Crippen MR) is 63.1 cm³/mol. The van der Waals surface area contributed by atoms with Crippen LogP contribution < -0.4 is 9.47 Å². The summed E-state index contributed by atoms with van der Waals surface area (Å²) in [6.07, 6.45) is 2.10. The van der Waals surface area contributed by atoms with E-state index in [4.69, 9.17) is 14.2 Å². The van der Waals surface area contributed by atoms with Gasteiger partial charge in [0.05, 0.1) is 19.3 Å². The monoisotopic (exact) mass is 236 g/mol. The largest absolute Gasteiger partial charge is 0.497 e. The first-order valence-corrected chi connectivity index (χ1v) is 5.51. The highest BCUT2D eigenvalue weighted by atomic mass is 16.7. The van der Waals surface area contributed by atoms with E-state index in [1.165, 1.54) is 0 Å². The third kappa shape index (κ3) is 2.99. The number of methoxy groups -OCH3 is 1. The van der Waals surface area contributed by atoms with Crippen LogP contribution in [-0.2, 0) is 4.74 Å². The van der Waals surface area contributed by atoms with Gasteiger partial charge in [-0.05, 0) is 37.3 Å². The Balaban J connectivity index is 1.99. The molecule has 1 aliphatic heterocycles. The Hall–Kier alpha value is -1.52. The van der Waals surface area contributed by atoms with Crippen molar-refractivity contribution in [3.63, 3.8) is 0 Å². The second kappa shape index (κ2) is 5.21. The molecule has 4 heteroatoms. The van der Waals surface area contributed by atoms with Gasteiger partial charge < -0.3 is 19.3 Å². The molecule has 0 saturated carbocycles. The second-order valence-corrected chi connectivity index (χ2v) is 3.88. The van der Waals surface area contributed by atoms with Crippen molar-refractivity contribution in [2.75, 3.05) is 7.11 Å². The summed E-state index contributed by atoms with van der Waals surface area (Å²) < 4.78 is 16.1. The number of hydrogen-bond acceptors (Lipinski definition) is 4. The molecule has 1 heterocycles. The smallest absolute Gasteiger partial charge is 0.220 e. The molecule has 1 aromatic carbocycles. The highest BCUT2D eigenvalue weighted by molar-refractivity contribution is 5.31. The van der Waals surface area contributed by atoms with Gasteiger partial charge in [0.15, 0.2) is 0 Å². The summed E-state index contributed by atoms with van der Waals surface area (Å²) in [7, 11) is 1.62. The van der Waals surface area contributed by atoms with E-state index in [-0.39, 0.29) is 6.10 Å². The van der Waals surface area contributed by atoms with Crippen molar-refractivity contribution in [1.29, 1.82) is 0 Å². The van der Waals surface area contributed by atoms with E-state index in [9.17, 15) is 5.11 Å². The fourth-order valence-corrected chi connectivity index (χ4v) is 1.55. The minimum atomic E-state index is -0.564. The molecule has 0 saturated heterocycles. The molecule has 2 rings (SSSR count). The first kappa shape index (κ1) is 12.0. The Kier molecular flexibility index (Phi) is 3.66. The molecular formula is C13H16O4. The summed E-state index contributed by atoms with van der Waals surface area (Å²) in [5.41, 5.74) is 0. The number of benzene rings is 1. The third-order valence-electron chi connectivity index (χ3n) is 2.61. The molecule has 0 aromatic heterocycles. The van der Waals surface area contributed by atoms with E-state index >= 15 is 0 Å².